The van der Waals surface area contributed by atoms with Gasteiger partial charge in [-0.15, -0.1) is 0 Å². The number of nitrogens with zero attached hydrogens (tertiary/aromatic N) is 2. The van der Waals surface area contributed by atoms with Crippen LogP contribution in [0.25, 0.3) is 0 Å². The maximum absolute atomic E-state index is 6.00. The number of hydrogen-bond acceptors (Lipinski definition) is 5. The molecule has 0 aliphatic heterocycles. The Morgan fingerprint density at radius 3 is 2.85 bits per heavy atom. The van der Waals surface area contributed by atoms with E-state index in [-0.39, 0.29) is 6.10 Å². The summed E-state index contributed by atoms with van der Waals surface area (Å²) in [6, 6.07) is 8.34. The summed E-state index contributed by atoms with van der Waals surface area (Å²) in [5.74, 6) is 0.734. The third-order valence-electron chi connectivity index (χ3n) is 3.57. The number of aryl methyl sites for hydroxylation is 1. The molecule has 1 aliphatic rings. The standard InChI is InChI=1S/C15H17N3O2/c1-19-14-13(16)15(18-9-17-14)20-12-8-4-6-10-5-2-3-7-11(10)12/h2-3,5,7,9,12H,4,6,8,16H2,1H3. The number of aromatic nitrogens is 2. The van der Waals surface area contributed by atoms with Crippen molar-refractivity contribution in [3.63, 3.8) is 0 Å². The van der Waals surface area contributed by atoms with E-state index in [1.165, 1.54) is 24.6 Å². The first-order valence-electron chi connectivity index (χ1n) is 6.68. The monoisotopic (exact) mass is 271 g/mol. The Kier molecular flexibility index (Phi) is 3.41. The maximum atomic E-state index is 6.00. The molecule has 0 fully saturated rings. The molecule has 20 heavy (non-hydrogen) atoms. The molecule has 0 bridgehead atoms. The quantitative estimate of drug-likeness (QED) is 0.928. The molecule has 1 heterocycles. The summed E-state index contributed by atoms with van der Waals surface area (Å²) in [6.45, 7) is 0. The Labute approximate surface area is 117 Å². The SMILES string of the molecule is COc1ncnc(OC2CCCc3ccccc32)c1N. The Morgan fingerprint density at radius 2 is 2.00 bits per heavy atom. The van der Waals surface area contributed by atoms with E-state index in [1.807, 2.05) is 6.07 Å². The van der Waals surface area contributed by atoms with E-state index in [0.717, 1.165) is 19.3 Å². The van der Waals surface area contributed by atoms with Crippen LogP contribution in [0.4, 0.5) is 5.69 Å². The average Bonchev–Trinajstić information content (AvgIpc) is 2.50. The van der Waals surface area contributed by atoms with Crippen molar-refractivity contribution in [2.24, 2.45) is 0 Å². The molecule has 1 atom stereocenters. The fourth-order valence-electron chi connectivity index (χ4n) is 2.59. The number of benzene rings is 1. The van der Waals surface area contributed by atoms with Gasteiger partial charge in [0.25, 0.3) is 0 Å². The van der Waals surface area contributed by atoms with Gasteiger partial charge in [-0.1, -0.05) is 24.3 Å². The summed E-state index contributed by atoms with van der Waals surface area (Å²) >= 11 is 0. The normalized spacial score (nSPS) is 17.4. The van der Waals surface area contributed by atoms with Gasteiger partial charge < -0.3 is 15.2 Å². The van der Waals surface area contributed by atoms with Crippen molar-refractivity contribution in [1.82, 2.24) is 9.97 Å². The van der Waals surface area contributed by atoms with E-state index in [9.17, 15) is 0 Å². The highest BCUT2D eigenvalue weighted by molar-refractivity contribution is 5.55. The summed E-state index contributed by atoms with van der Waals surface area (Å²) in [6.07, 6.45) is 4.55. The van der Waals surface area contributed by atoms with Crippen molar-refractivity contribution in [3.8, 4) is 11.8 Å². The Bertz CT molecular complexity index is 616. The van der Waals surface area contributed by atoms with Crippen LogP contribution in [0.2, 0.25) is 0 Å². The van der Waals surface area contributed by atoms with Gasteiger partial charge >= 0.3 is 0 Å². The fourth-order valence-corrected chi connectivity index (χ4v) is 2.59. The predicted molar refractivity (Wildman–Crippen MR) is 75.7 cm³/mol. The van der Waals surface area contributed by atoms with Crippen molar-refractivity contribution in [2.75, 3.05) is 12.8 Å². The van der Waals surface area contributed by atoms with Crippen LogP contribution in [0.1, 0.15) is 30.1 Å². The minimum absolute atomic E-state index is 0.0122. The van der Waals surface area contributed by atoms with Crippen LogP contribution in [0, 0.1) is 0 Å². The van der Waals surface area contributed by atoms with E-state index in [1.54, 1.807) is 0 Å². The largest absolute Gasteiger partial charge is 0.479 e. The first kappa shape index (κ1) is 12.7. The van der Waals surface area contributed by atoms with Crippen LogP contribution < -0.4 is 15.2 Å². The van der Waals surface area contributed by atoms with Gasteiger partial charge in [0.1, 0.15) is 12.4 Å². The number of methoxy groups -OCH3 is 1. The minimum Gasteiger partial charge on any atom is -0.479 e. The van der Waals surface area contributed by atoms with E-state index < -0.39 is 0 Å². The molecule has 0 amide bonds. The zero-order chi connectivity index (χ0) is 13.9. The summed E-state index contributed by atoms with van der Waals surface area (Å²) in [7, 11) is 1.53. The maximum Gasteiger partial charge on any atom is 0.245 e. The highest BCUT2D eigenvalue weighted by Crippen LogP contribution is 2.36. The first-order valence-corrected chi connectivity index (χ1v) is 6.68. The topological polar surface area (TPSA) is 70.3 Å². The van der Waals surface area contributed by atoms with Crippen LogP contribution in [0.3, 0.4) is 0 Å². The van der Waals surface area contributed by atoms with Gasteiger partial charge in [0.15, 0.2) is 5.69 Å². The summed E-state index contributed by atoms with van der Waals surface area (Å²) in [4.78, 5) is 8.07. The molecule has 1 unspecified atom stereocenters. The molecule has 2 aromatic rings. The molecule has 2 N–H and O–H groups in total. The van der Waals surface area contributed by atoms with Crippen molar-refractivity contribution in [3.05, 3.63) is 41.7 Å². The number of ether oxygens (including phenoxy) is 2. The van der Waals surface area contributed by atoms with Crippen molar-refractivity contribution in [1.29, 1.82) is 0 Å². The Hall–Kier alpha value is -2.30. The summed E-state index contributed by atoms with van der Waals surface area (Å²) in [5, 5.41) is 0. The second kappa shape index (κ2) is 5.36. The second-order valence-corrected chi connectivity index (χ2v) is 4.80. The van der Waals surface area contributed by atoms with Gasteiger partial charge in [-0.2, -0.15) is 9.97 Å². The molecular formula is C15H17N3O2. The second-order valence-electron chi connectivity index (χ2n) is 4.80. The molecule has 1 aliphatic carbocycles. The minimum atomic E-state index is -0.0122. The van der Waals surface area contributed by atoms with E-state index in [4.69, 9.17) is 15.2 Å². The lowest BCUT2D eigenvalue weighted by Crippen LogP contribution is -2.16. The molecule has 5 nitrogen and oxygen atoms in total. The van der Waals surface area contributed by atoms with Gasteiger partial charge in [-0.3, -0.25) is 0 Å². The van der Waals surface area contributed by atoms with Gasteiger partial charge in [0.2, 0.25) is 11.8 Å². The molecule has 3 rings (SSSR count). The van der Waals surface area contributed by atoms with Gasteiger partial charge in [-0.05, 0) is 30.4 Å². The number of nitrogens with two attached hydrogens (primary N) is 1. The summed E-state index contributed by atoms with van der Waals surface area (Å²) in [5.41, 5.74) is 8.86. The van der Waals surface area contributed by atoms with E-state index in [0.29, 0.717) is 17.4 Å². The first-order chi connectivity index (χ1) is 9.79. The van der Waals surface area contributed by atoms with Crippen molar-refractivity contribution < 1.29 is 9.47 Å². The molecule has 1 aromatic heterocycles. The number of nitrogen functional groups attached to an aromatic ring is 1. The van der Waals surface area contributed by atoms with E-state index >= 15 is 0 Å². The van der Waals surface area contributed by atoms with Crippen LogP contribution >= 0.6 is 0 Å². The third kappa shape index (κ3) is 2.27. The van der Waals surface area contributed by atoms with Crippen LogP contribution in [0.15, 0.2) is 30.6 Å². The van der Waals surface area contributed by atoms with Gasteiger partial charge in [0.05, 0.1) is 7.11 Å². The number of fused-ring (bicyclic) bond motifs is 1. The molecule has 0 saturated carbocycles. The lowest BCUT2D eigenvalue weighted by molar-refractivity contribution is 0.176. The van der Waals surface area contributed by atoms with Crippen LogP contribution in [-0.4, -0.2) is 17.1 Å². The molecule has 0 radical (unpaired) electrons. The number of rotatable bonds is 3. The molecule has 104 valence electrons. The smallest absolute Gasteiger partial charge is 0.245 e. The highest BCUT2D eigenvalue weighted by atomic mass is 16.5. The van der Waals surface area contributed by atoms with Gasteiger partial charge in [0, 0.05) is 0 Å². The molecule has 5 heteroatoms. The summed E-state index contributed by atoms with van der Waals surface area (Å²) < 4.78 is 11.1. The molecule has 0 saturated heterocycles. The van der Waals surface area contributed by atoms with Crippen molar-refractivity contribution in [2.45, 2.75) is 25.4 Å². The molecule has 0 spiro atoms. The van der Waals surface area contributed by atoms with Gasteiger partial charge in [-0.25, -0.2) is 0 Å². The highest BCUT2D eigenvalue weighted by Gasteiger charge is 2.23. The number of anilines is 1. The number of hydrogen-bond donors (Lipinski definition) is 1. The van der Waals surface area contributed by atoms with Crippen LogP contribution in [-0.2, 0) is 6.42 Å². The average molecular weight is 271 g/mol. The Morgan fingerprint density at radius 1 is 1.20 bits per heavy atom. The predicted octanol–water partition coefficient (Wildman–Crippen LogP) is 2.52. The third-order valence-corrected chi connectivity index (χ3v) is 3.57. The zero-order valence-electron chi connectivity index (χ0n) is 11.4. The molecular weight excluding hydrogens is 254 g/mol. The lowest BCUT2D eigenvalue weighted by Gasteiger charge is -2.26. The fraction of sp³-hybridized carbons (Fsp3) is 0.333. The molecule has 1 aromatic carbocycles. The van der Waals surface area contributed by atoms with E-state index in [2.05, 4.69) is 28.2 Å². The lowest BCUT2D eigenvalue weighted by atomic mass is 9.89. The zero-order valence-corrected chi connectivity index (χ0v) is 11.4. The van der Waals surface area contributed by atoms with Crippen LogP contribution in [0.5, 0.6) is 11.8 Å². The Balaban J connectivity index is 1.90. The van der Waals surface area contributed by atoms with Crippen molar-refractivity contribution >= 4 is 5.69 Å².